The Labute approximate surface area is 208 Å². The van der Waals surface area contributed by atoms with Gasteiger partial charge in [-0.3, -0.25) is 4.98 Å². The van der Waals surface area contributed by atoms with E-state index in [1.807, 2.05) is 0 Å². The van der Waals surface area contributed by atoms with Gasteiger partial charge >= 0.3 is 0 Å². The van der Waals surface area contributed by atoms with Crippen LogP contribution < -0.4 is 10.1 Å². The predicted molar refractivity (Wildman–Crippen MR) is 134 cm³/mol. The first kappa shape index (κ1) is 25.7. The Hall–Kier alpha value is -3.90. The highest BCUT2D eigenvalue weighted by atomic mass is 32.1. The number of rotatable bonds is 9. The van der Waals surface area contributed by atoms with Crippen molar-refractivity contribution in [2.24, 2.45) is 0 Å². The van der Waals surface area contributed by atoms with Gasteiger partial charge in [0.05, 0.1) is 17.7 Å². The lowest BCUT2D eigenvalue weighted by molar-refractivity contribution is -0.114. The van der Waals surface area contributed by atoms with Crippen molar-refractivity contribution in [3.05, 3.63) is 78.1 Å². The first-order valence-electron chi connectivity index (χ1n) is 10.8. The summed E-state index contributed by atoms with van der Waals surface area (Å²) in [4.78, 5) is 17.3. The second kappa shape index (κ2) is 11.5. The van der Waals surface area contributed by atoms with Gasteiger partial charge in [-0.25, -0.2) is 8.78 Å². The molecule has 0 unspecified atom stereocenters. The quantitative estimate of drug-likeness (QED) is 0.244. The molecule has 0 aliphatic carbocycles. The number of carbonyl (C=O) groups is 1. The van der Waals surface area contributed by atoms with Crippen LogP contribution in [0.2, 0.25) is 0 Å². The van der Waals surface area contributed by atoms with Crippen LogP contribution >= 0.6 is 12.2 Å². The number of aromatic nitrogens is 1. The molecule has 9 heteroatoms. The van der Waals surface area contributed by atoms with E-state index in [4.69, 9.17) is 22.2 Å². The second-order valence-corrected chi connectivity index (χ2v) is 8.63. The van der Waals surface area contributed by atoms with Gasteiger partial charge in [0.25, 0.3) is 0 Å². The molecule has 3 rings (SSSR count). The molecule has 0 radical (unpaired) electrons. The summed E-state index contributed by atoms with van der Waals surface area (Å²) in [6.07, 6.45) is 4.45. The zero-order valence-corrected chi connectivity index (χ0v) is 20.1. The van der Waals surface area contributed by atoms with Crippen LogP contribution in [0.15, 0.2) is 60.9 Å². The Kier molecular flexibility index (Phi) is 8.44. The Morgan fingerprint density at radius 2 is 1.91 bits per heavy atom. The smallest absolute Gasteiger partial charge is 0.174 e. The zero-order valence-electron chi connectivity index (χ0n) is 19.3. The number of hydrogen-bond acceptors (Lipinski definition) is 5. The molecule has 2 aromatic carbocycles. The van der Waals surface area contributed by atoms with Crippen molar-refractivity contribution in [1.29, 1.82) is 5.26 Å². The van der Waals surface area contributed by atoms with Crippen molar-refractivity contribution in [2.45, 2.75) is 25.8 Å². The van der Waals surface area contributed by atoms with Crippen molar-refractivity contribution >= 4 is 29.3 Å². The number of ether oxygens (including phenoxy) is 1. The maximum Gasteiger partial charge on any atom is 0.174 e. The summed E-state index contributed by atoms with van der Waals surface area (Å²) in [6, 6.07) is 13.9. The van der Waals surface area contributed by atoms with Crippen molar-refractivity contribution in [1.82, 2.24) is 9.88 Å². The molecule has 1 aromatic heterocycles. The molecule has 0 aliphatic rings. The van der Waals surface area contributed by atoms with E-state index in [1.54, 1.807) is 61.5 Å². The van der Waals surface area contributed by atoms with Gasteiger partial charge in [-0.15, -0.1) is 0 Å². The molecule has 35 heavy (non-hydrogen) atoms. The van der Waals surface area contributed by atoms with E-state index in [-0.39, 0.29) is 17.3 Å². The number of aldehydes is 1. The van der Waals surface area contributed by atoms with E-state index in [2.05, 4.69) is 10.3 Å². The first-order valence-corrected chi connectivity index (χ1v) is 11.2. The van der Waals surface area contributed by atoms with Crippen LogP contribution in [-0.2, 0) is 4.79 Å². The lowest BCUT2D eigenvalue weighted by Gasteiger charge is -2.36. The Balaban J connectivity index is 1.61. The number of nitrogens with zero attached hydrogens (tertiary/aromatic N) is 3. The topological polar surface area (TPSA) is 78.2 Å². The van der Waals surface area contributed by atoms with Gasteiger partial charge in [-0.2, -0.15) is 5.26 Å². The minimum atomic E-state index is -0.937. The third-order valence-corrected chi connectivity index (χ3v) is 5.62. The number of thiocarbonyl (C=S) groups is 1. The molecule has 1 heterocycles. The van der Waals surface area contributed by atoms with Crippen LogP contribution in [0.25, 0.3) is 11.1 Å². The van der Waals surface area contributed by atoms with Crippen molar-refractivity contribution in [3.63, 3.8) is 0 Å². The Morgan fingerprint density at radius 3 is 2.54 bits per heavy atom. The Morgan fingerprint density at radius 1 is 1.17 bits per heavy atom. The summed E-state index contributed by atoms with van der Waals surface area (Å²) in [5.74, 6) is -0.690. The van der Waals surface area contributed by atoms with E-state index in [0.717, 1.165) is 11.8 Å². The fourth-order valence-electron chi connectivity index (χ4n) is 3.35. The molecule has 0 amide bonds. The third kappa shape index (κ3) is 6.58. The van der Waals surface area contributed by atoms with Crippen molar-refractivity contribution in [2.75, 3.05) is 18.5 Å². The monoisotopic (exact) mass is 494 g/mol. The Bertz CT molecular complexity index is 1250. The largest absolute Gasteiger partial charge is 0.493 e. The predicted octanol–water partition coefficient (Wildman–Crippen LogP) is 5.34. The van der Waals surface area contributed by atoms with Crippen LogP contribution in [0.1, 0.15) is 25.8 Å². The number of pyridine rings is 1. The summed E-state index contributed by atoms with van der Waals surface area (Å²) in [5.41, 5.74) is 0.523. The maximum atomic E-state index is 14.5. The molecule has 6 nitrogen and oxygen atoms in total. The lowest BCUT2D eigenvalue weighted by Crippen LogP contribution is -2.51. The molecule has 0 fully saturated rings. The van der Waals surface area contributed by atoms with E-state index >= 15 is 0 Å². The summed E-state index contributed by atoms with van der Waals surface area (Å²) in [5, 5.41) is 12.0. The number of nitriles is 1. The molecule has 1 N–H and O–H groups in total. The lowest BCUT2D eigenvalue weighted by atomic mass is 10.1. The molecule has 0 spiro atoms. The van der Waals surface area contributed by atoms with Crippen LogP contribution in [0, 0.1) is 23.0 Å². The molecule has 3 aromatic rings. The summed E-state index contributed by atoms with van der Waals surface area (Å²) in [7, 11) is 0. The highest BCUT2D eigenvalue weighted by Gasteiger charge is 2.28. The molecule has 0 saturated carbocycles. The fourth-order valence-corrected chi connectivity index (χ4v) is 3.80. The van der Waals surface area contributed by atoms with Crippen LogP contribution in [0.5, 0.6) is 5.75 Å². The summed E-state index contributed by atoms with van der Waals surface area (Å²) >= 11 is 5.47. The maximum absolute atomic E-state index is 14.5. The van der Waals surface area contributed by atoms with Gasteiger partial charge in [0, 0.05) is 36.3 Å². The van der Waals surface area contributed by atoms with Gasteiger partial charge < -0.3 is 19.7 Å². The number of hydrogen-bond donors (Lipinski definition) is 1. The van der Waals surface area contributed by atoms with Gasteiger partial charge in [-0.05, 0) is 80.5 Å². The normalized spacial score (nSPS) is 10.8. The second-order valence-electron chi connectivity index (χ2n) is 8.24. The minimum Gasteiger partial charge on any atom is -0.493 e. The molecule has 180 valence electrons. The molecule has 0 bridgehead atoms. The van der Waals surface area contributed by atoms with Crippen LogP contribution in [0.3, 0.4) is 0 Å². The van der Waals surface area contributed by atoms with Gasteiger partial charge in [0.15, 0.2) is 5.11 Å². The van der Waals surface area contributed by atoms with Crippen molar-refractivity contribution in [3.8, 4) is 22.9 Å². The highest BCUT2D eigenvalue weighted by molar-refractivity contribution is 7.80. The van der Waals surface area contributed by atoms with E-state index < -0.39 is 17.2 Å². The fraction of sp³-hybridized carbons (Fsp3) is 0.231. The molecular formula is C26H24F2N4O2S. The van der Waals surface area contributed by atoms with Crippen LogP contribution in [-0.4, -0.2) is 40.0 Å². The van der Waals surface area contributed by atoms with E-state index in [0.29, 0.717) is 30.0 Å². The number of benzene rings is 2. The number of anilines is 1. The van der Waals surface area contributed by atoms with E-state index in [1.165, 1.54) is 24.3 Å². The molecule has 0 atom stereocenters. The number of nitrogens with one attached hydrogen (secondary N) is 1. The number of carbonyl (C=O) groups excluding carboxylic acids is 1. The minimum absolute atomic E-state index is 0.0751. The number of halogens is 2. The molecular weight excluding hydrogens is 470 g/mol. The van der Waals surface area contributed by atoms with Gasteiger partial charge in [0.1, 0.15) is 29.7 Å². The van der Waals surface area contributed by atoms with Crippen LogP contribution in [0.4, 0.5) is 14.5 Å². The average Bonchev–Trinajstić information content (AvgIpc) is 2.84. The first-order chi connectivity index (χ1) is 16.7. The average molecular weight is 495 g/mol. The van der Waals surface area contributed by atoms with Crippen molar-refractivity contribution < 1.29 is 18.3 Å². The third-order valence-electron chi connectivity index (χ3n) is 5.30. The zero-order chi connectivity index (χ0) is 25.4. The SMILES string of the molecule is CC(C)(C=O)N(CCCOc1ccc(-c2ccncc2)c(F)c1)C(=S)Nc1ccc(C#N)c(F)c1. The summed E-state index contributed by atoms with van der Waals surface area (Å²) in [6.45, 7) is 4.03. The molecule has 0 aliphatic heterocycles. The highest BCUT2D eigenvalue weighted by Crippen LogP contribution is 2.26. The van der Waals surface area contributed by atoms with Gasteiger partial charge in [-0.1, -0.05) is 0 Å². The molecule has 0 saturated heterocycles. The summed E-state index contributed by atoms with van der Waals surface area (Å²) < 4.78 is 34.2. The van der Waals surface area contributed by atoms with E-state index in [9.17, 15) is 13.6 Å². The van der Waals surface area contributed by atoms with Gasteiger partial charge in [0.2, 0.25) is 0 Å². The standard InChI is InChI=1S/C26H24F2N4O2S/c1-26(2,17-33)32(25(35)31-20-5-4-19(16-29)23(27)14-20)12-3-13-34-21-6-7-22(24(28)15-21)18-8-10-30-11-9-18/h4-11,14-15,17H,3,12-13H2,1-2H3,(H,31,35).